The molecule has 4 heteroatoms. The van der Waals surface area contributed by atoms with Crippen LogP contribution in [-0.2, 0) is 9.37 Å². The van der Waals surface area contributed by atoms with Crippen LogP contribution in [0, 0.1) is 16.7 Å². The van der Waals surface area contributed by atoms with E-state index in [0.29, 0.717) is 10.8 Å². The zero-order valence-corrected chi connectivity index (χ0v) is 9.60. The van der Waals surface area contributed by atoms with Crippen molar-refractivity contribution in [2.24, 2.45) is 16.7 Å². The van der Waals surface area contributed by atoms with Crippen molar-refractivity contribution >= 4 is 12.0 Å². The van der Waals surface area contributed by atoms with Crippen molar-refractivity contribution in [3.8, 4) is 0 Å². The van der Waals surface area contributed by atoms with Gasteiger partial charge in [0, 0.05) is 17.8 Å². The Morgan fingerprint density at radius 2 is 2.00 bits per heavy atom. The Hall–Kier alpha value is 0.230. The van der Waals surface area contributed by atoms with E-state index in [1.165, 1.54) is 37.7 Å². The number of hydrogen-bond acceptors (Lipinski definition) is 4. The van der Waals surface area contributed by atoms with Gasteiger partial charge in [-0.05, 0) is 42.4 Å². The molecule has 1 N–H and O–H groups in total. The lowest BCUT2D eigenvalue weighted by molar-refractivity contribution is -0.432. The van der Waals surface area contributed by atoms with Gasteiger partial charge in [-0.1, -0.05) is 18.9 Å². The van der Waals surface area contributed by atoms with E-state index in [9.17, 15) is 0 Å². The molecule has 0 aromatic rings. The first-order valence-electron chi connectivity index (χ1n) is 5.22. The van der Waals surface area contributed by atoms with E-state index in [1.807, 2.05) is 0 Å². The summed E-state index contributed by atoms with van der Waals surface area (Å²) in [5.74, 6) is 1.81. The molecular weight excluding hydrogens is 200 g/mol. The van der Waals surface area contributed by atoms with Crippen LogP contribution in [0.4, 0.5) is 0 Å². The molecule has 0 saturated heterocycles. The SMILES string of the molecule is CC1(C)C2CCC1(CSOOO)CC2. The quantitative estimate of drug-likeness (QED) is 0.340. The maximum Gasteiger partial charge on any atom is 0.0352 e. The van der Waals surface area contributed by atoms with Gasteiger partial charge in [-0.3, -0.25) is 0 Å². The van der Waals surface area contributed by atoms with Crippen molar-refractivity contribution < 1.29 is 14.6 Å². The molecule has 82 valence electrons. The molecule has 2 bridgehead atoms. The Bertz CT molecular complexity index is 209. The van der Waals surface area contributed by atoms with Gasteiger partial charge < -0.3 is 0 Å². The van der Waals surface area contributed by atoms with Crippen LogP contribution in [0.5, 0.6) is 0 Å². The summed E-state index contributed by atoms with van der Waals surface area (Å²) in [5, 5.41) is 11.7. The fraction of sp³-hybridized carbons (Fsp3) is 1.00. The van der Waals surface area contributed by atoms with Gasteiger partial charge in [-0.2, -0.15) is 0 Å². The van der Waals surface area contributed by atoms with Gasteiger partial charge in [0.1, 0.15) is 0 Å². The standard InChI is InChI=1S/C10H18O3S/c1-9(2)8-3-5-10(9,6-4-8)7-14-13-12-11/h8,11H,3-7H2,1-2H3. The van der Waals surface area contributed by atoms with Gasteiger partial charge >= 0.3 is 0 Å². The summed E-state index contributed by atoms with van der Waals surface area (Å²) in [4.78, 5) is 0. The summed E-state index contributed by atoms with van der Waals surface area (Å²) in [5.41, 5.74) is 0.833. The van der Waals surface area contributed by atoms with Crippen LogP contribution >= 0.6 is 12.0 Å². The van der Waals surface area contributed by atoms with Crippen LogP contribution in [0.3, 0.4) is 0 Å². The average Bonchev–Trinajstić information content (AvgIpc) is 2.54. The molecular formula is C10H18O3S. The molecule has 3 nitrogen and oxygen atoms in total. The summed E-state index contributed by atoms with van der Waals surface area (Å²) >= 11 is 1.23. The zero-order valence-electron chi connectivity index (χ0n) is 8.78. The first-order valence-corrected chi connectivity index (χ1v) is 6.13. The molecule has 2 rings (SSSR count). The molecule has 2 fully saturated rings. The Morgan fingerprint density at radius 1 is 1.36 bits per heavy atom. The van der Waals surface area contributed by atoms with E-state index >= 15 is 0 Å². The molecule has 2 saturated carbocycles. The Balaban J connectivity index is 2.00. The summed E-state index contributed by atoms with van der Waals surface area (Å²) in [7, 11) is 0. The lowest BCUT2D eigenvalue weighted by Gasteiger charge is -2.37. The fourth-order valence-corrected chi connectivity index (χ4v) is 4.44. The van der Waals surface area contributed by atoms with Crippen molar-refractivity contribution in [3.63, 3.8) is 0 Å². The largest absolute Gasteiger partial charge is 0.220 e. The second kappa shape index (κ2) is 3.67. The van der Waals surface area contributed by atoms with Gasteiger partial charge in [0.15, 0.2) is 0 Å². The average molecular weight is 218 g/mol. The normalized spacial score (nSPS) is 39.2. The predicted octanol–water partition coefficient (Wildman–Crippen LogP) is 3.27. The zero-order chi connectivity index (χ0) is 10.2. The van der Waals surface area contributed by atoms with Gasteiger partial charge in [0.05, 0.1) is 0 Å². The fourth-order valence-electron chi connectivity index (χ4n) is 3.46. The van der Waals surface area contributed by atoms with Crippen LogP contribution in [0.25, 0.3) is 0 Å². The molecule has 0 radical (unpaired) electrons. The first-order chi connectivity index (χ1) is 6.62. The van der Waals surface area contributed by atoms with Crippen molar-refractivity contribution in [1.82, 2.24) is 0 Å². The number of rotatable bonds is 4. The van der Waals surface area contributed by atoms with Gasteiger partial charge in [0.2, 0.25) is 0 Å². The topological polar surface area (TPSA) is 38.7 Å². The lowest BCUT2D eigenvalue weighted by Crippen LogP contribution is -2.32. The van der Waals surface area contributed by atoms with Crippen molar-refractivity contribution in [3.05, 3.63) is 0 Å². The number of fused-ring (bicyclic) bond motifs is 2. The summed E-state index contributed by atoms with van der Waals surface area (Å²) in [6.07, 6.45) is 5.31. The summed E-state index contributed by atoms with van der Waals surface area (Å²) in [6.45, 7) is 4.75. The van der Waals surface area contributed by atoms with Gasteiger partial charge in [-0.25, -0.2) is 5.26 Å². The lowest BCUT2D eigenvalue weighted by atomic mass is 9.71. The highest BCUT2D eigenvalue weighted by Crippen LogP contribution is 2.66. The third kappa shape index (κ3) is 1.40. The van der Waals surface area contributed by atoms with E-state index in [4.69, 9.17) is 5.26 Å². The minimum absolute atomic E-state index is 0.404. The molecule has 0 spiro atoms. The maximum atomic E-state index is 8.09. The van der Waals surface area contributed by atoms with E-state index in [0.717, 1.165) is 11.7 Å². The molecule has 0 heterocycles. The highest BCUT2D eigenvalue weighted by molar-refractivity contribution is 7.94. The van der Waals surface area contributed by atoms with Crippen LogP contribution in [-0.4, -0.2) is 11.0 Å². The second-order valence-corrected chi connectivity index (χ2v) is 5.84. The minimum Gasteiger partial charge on any atom is -0.220 e. The van der Waals surface area contributed by atoms with Crippen LogP contribution < -0.4 is 0 Å². The Labute approximate surface area is 89.2 Å². The first kappa shape index (κ1) is 10.7. The highest BCUT2D eigenvalue weighted by Gasteiger charge is 2.58. The van der Waals surface area contributed by atoms with Gasteiger partial charge in [0.25, 0.3) is 0 Å². The molecule has 2 aliphatic rings. The van der Waals surface area contributed by atoms with Crippen LogP contribution in [0.1, 0.15) is 39.5 Å². The van der Waals surface area contributed by atoms with Crippen molar-refractivity contribution in [1.29, 1.82) is 0 Å². The summed E-state index contributed by atoms with van der Waals surface area (Å²) in [6, 6.07) is 0. The molecule has 0 aliphatic heterocycles. The van der Waals surface area contributed by atoms with Crippen LogP contribution in [0.15, 0.2) is 0 Å². The van der Waals surface area contributed by atoms with Crippen molar-refractivity contribution in [2.45, 2.75) is 39.5 Å². The molecule has 0 amide bonds. The number of hydrogen-bond donors (Lipinski definition) is 1. The minimum atomic E-state index is 0.404. The smallest absolute Gasteiger partial charge is 0.0352 e. The Morgan fingerprint density at radius 3 is 2.43 bits per heavy atom. The molecule has 2 aliphatic carbocycles. The molecule has 0 aromatic heterocycles. The van der Waals surface area contributed by atoms with E-state index in [2.05, 4.69) is 23.2 Å². The Kier molecular flexibility index (Phi) is 2.81. The highest BCUT2D eigenvalue weighted by atomic mass is 32.2. The third-order valence-electron chi connectivity index (χ3n) is 4.74. The summed E-state index contributed by atoms with van der Waals surface area (Å²) < 4.78 is 4.51. The van der Waals surface area contributed by atoms with Crippen molar-refractivity contribution in [2.75, 3.05) is 5.75 Å². The molecule has 0 unspecified atom stereocenters. The predicted molar refractivity (Wildman–Crippen MR) is 55.4 cm³/mol. The van der Waals surface area contributed by atoms with E-state index < -0.39 is 0 Å². The maximum absolute atomic E-state index is 8.09. The van der Waals surface area contributed by atoms with E-state index in [-0.39, 0.29) is 0 Å². The molecule has 0 aromatic carbocycles. The monoisotopic (exact) mass is 218 g/mol. The second-order valence-electron chi connectivity index (χ2n) is 5.18. The molecule has 14 heavy (non-hydrogen) atoms. The van der Waals surface area contributed by atoms with E-state index in [1.54, 1.807) is 0 Å². The van der Waals surface area contributed by atoms with Gasteiger partial charge in [-0.15, -0.1) is 4.33 Å². The molecule has 0 atom stereocenters. The van der Waals surface area contributed by atoms with Crippen LogP contribution in [0.2, 0.25) is 0 Å². The third-order valence-corrected chi connectivity index (χ3v) is 5.57.